The first-order chi connectivity index (χ1) is 20.9. The Kier molecular flexibility index (Phi) is 10.7. The molecule has 34 heteroatoms. The number of hydrogen-bond donors (Lipinski definition) is 0. The van der Waals surface area contributed by atoms with E-state index in [0.717, 1.165) is 4.74 Å². The molecular weight excluding hydrogens is 832 g/mol. The Balaban J connectivity index is 7.17. The molecule has 0 rings (SSSR count). The lowest BCUT2D eigenvalue weighted by molar-refractivity contribution is -0.475. The third kappa shape index (κ3) is 5.64. The number of hydrogen-bond acceptors (Lipinski definition) is 2. The summed E-state index contributed by atoms with van der Waals surface area (Å²) in [6.45, 7) is 0. The van der Waals surface area contributed by atoms with Gasteiger partial charge in [0.1, 0.15) is 0 Å². The summed E-state index contributed by atoms with van der Waals surface area (Å²) in [5, 5.41) is 0. The van der Waals surface area contributed by atoms with Crippen LogP contribution in [0.5, 0.6) is 0 Å². The van der Waals surface area contributed by atoms with Crippen LogP contribution < -0.4 is 0 Å². The highest BCUT2D eigenvalue weighted by Gasteiger charge is 2.97. The van der Waals surface area contributed by atoms with E-state index in [2.05, 4.69) is 0 Å². The fourth-order valence-corrected chi connectivity index (χ4v) is 2.49. The van der Waals surface area contributed by atoms with E-state index in [4.69, 9.17) is 0 Å². The van der Waals surface area contributed by atoms with Crippen LogP contribution >= 0.6 is 0 Å². The fourth-order valence-electron chi connectivity index (χ4n) is 2.49. The van der Waals surface area contributed by atoms with Crippen molar-refractivity contribution < 1.29 is 150 Å². The number of alkyl halides is 32. The van der Waals surface area contributed by atoms with Gasteiger partial charge in [-0.3, -0.25) is 0 Å². The summed E-state index contributed by atoms with van der Waals surface area (Å²) in [5.74, 6) is -117. The molecule has 300 valence electrons. The number of esters is 1. The molecule has 0 unspecified atom stereocenters. The van der Waals surface area contributed by atoms with E-state index in [9.17, 15) is 145 Å². The molecule has 0 aromatic heterocycles. The molecule has 0 radical (unpaired) electrons. The van der Waals surface area contributed by atoms with E-state index in [1.807, 2.05) is 0 Å². The van der Waals surface area contributed by atoms with Crippen molar-refractivity contribution in [3.63, 3.8) is 0 Å². The third-order valence-corrected chi connectivity index (χ3v) is 5.50. The normalized spacial score (nSPS) is 16.9. The van der Waals surface area contributed by atoms with Gasteiger partial charge in [0.2, 0.25) is 0 Å². The van der Waals surface area contributed by atoms with Gasteiger partial charge in [-0.2, -0.15) is 140 Å². The first kappa shape index (κ1) is 47.2. The van der Waals surface area contributed by atoms with Crippen molar-refractivity contribution in [1.82, 2.24) is 0 Å². The van der Waals surface area contributed by atoms with Gasteiger partial charge in [-0.15, -0.1) is 0 Å². The minimum Gasteiger partial charge on any atom is -0.391 e. The Hall–Kier alpha value is -2.77. The van der Waals surface area contributed by atoms with Crippen molar-refractivity contribution in [2.24, 2.45) is 0 Å². The average molecular weight is 832 g/mol. The second-order valence-electron chi connectivity index (χ2n) is 8.79. The van der Waals surface area contributed by atoms with Crippen molar-refractivity contribution in [1.29, 1.82) is 0 Å². The molecule has 0 saturated carbocycles. The highest BCUT2D eigenvalue weighted by molar-refractivity contribution is 5.79. The Bertz CT molecular complexity index is 1260. The van der Waals surface area contributed by atoms with Gasteiger partial charge in [0.15, 0.2) is 0 Å². The first-order valence-corrected chi connectivity index (χ1v) is 10.2. The predicted octanol–water partition coefficient (Wildman–Crippen LogP) is 9.87. The Morgan fingerprint density at radius 2 is 0.440 bits per heavy atom. The second kappa shape index (κ2) is 11.4. The van der Waals surface area contributed by atoms with Crippen molar-refractivity contribution in [2.75, 3.05) is 0 Å². The number of carbonyl (C=O) groups is 1. The van der Waals surface area contributed by atoms with Gasteiger partial charge in [0.25, 0.3) is 0 Å². The van der Waals surface area contributed by atoms with Gasteiger partial charge in [-0.1, -0.05) is 0 Å². The quantitative estimate of drug-likeness (QED) is 0.137. The maximum atomic E-state index is 13.6. The Morgan fingerprint density at radius 1 is 0.260 bits per heavy atom. The van der Waals surface area contributed by atoms with Gasteiger partial charge in [-0.05, 0) is 0 Å². The van der Waals surface area contributed by atoms with E-state index in [1.54, 1.807) is 0 Å². The standard InChI is InChI=1S/C16F32O2/c17-2(18,3(19,20)4(21,22)5(23,24)8(29,30)11(35,36)14(41,42)43)1(49)50-16(47,48)13(39,40)10(33,34)7(27,28)6(25,26)9(31,32)12(37,38)15(44,45)46. The third-order valence-electron chi connectivity index (χ3n) is 5.50. The highest BCUT2D eigenvalue weighted by atomic mass is 19.4. The lowest BCUT2D eigenvalue weighted by Gasteiger charge is -2.42. The largest absolute Gasteiger partial charge is 0.473 e. The van der Waals surface area contributed by atoms with Crippen molar-refractivity contribution in [3.05, 3.63) is 0 Å². The van der Waals surface area contributed by atoms with E-state index in [0.29, 0.717) is 0 Å². The zero-order chi connectivity index (χ0) is 41.8. The molecule has 0 aliphatic carbocycles. The van der Waals surface area contributed by atoms with Gasteiger partial charge in [0, 0.05) is 0 Å². The topological polar surface area (TPSA) is 26.3 Å². The van der Waals surface area contributed by atoms with Crippen molar-refractivity contribution in [3.8, 4) is 0 Å². The smallest absolute Gasteiger partial charge is 0.391 e. The van der Waals surface area contributed by atoms with E-state index in [1.165, 1.54) is 0 Å². The van der Waals surface area contributed by atoms with Gasteiger partial charge >= 0.3 is 95.5 Å². The molecule has 0 aliphatic heterocycles. The average Bonchev–Trinajstić information content (AvgIpc) is 2.85. The highest BCUT2D eigenvalue weighted by Crippen LogP contribution is 2.65. The summed E-state index contributed by atoms with van der Waals surface area (Å²) in [7, 11) is 0. The summed E-state index contributed by atoms with van der Waals surface area (Å²) < 4.78 is 418. The number of halogens is 32. The predicted molar refractivity (Wildman–Crippen MR) is 82.5 cm³/mol. The summed E-state index contributed by atoms with van der Waals surface area (Å²) in [6.07, 6.45) is -25.5. The molecule has 0 N–H and O–H groups in total. The molecule has 0 aromatic carbocycles. The van der Waals surface area contributed by atoms with Gasteiger partial charge in [0.05, 0.1) is 0 Å². The van der Waals surface area contributed by atoms with Crippen LogP contribution in [0.1, 0.15) is 0 Å². The number of rotatable bonds is 13. The van der Waals surface area contributed by atoms with E-state index >= 15 is 0 Å². The summed E-state index contributed by atoms with van der Waals surface area (Å²) in [4.78, 5) is 10.8. The molecule has 2 nitrogen and oxygen atoms in total. The molecule has 50 heavy (non-hydrogen) atoms. The SMILES string of the molecule is O=C(OC(F)(F)C(F)(F)C(F)(F)C(F)(F)C(F)(F)C(F)(F)C(F)(F)C(F)(F)F)C(F)(F)C(F)(F)C(F)(F)C(F)(F)C(F)(F)C(F)(F)C(F)(F)F. The molecule has 0 heterocycles. The molecule has 0 aliphatic rings. The molecular formula is C16F32O2. The van der Waals surface area contributed by atoms with Gasteiger partial charge in [-0.25, -0.2) is 4.79 Å². The molecule has 0 fully saturated rings. The van der Waals surface area contributed by atoms with Crippen LogP contribution in [0.3, 0.4) is 0 Å². The Labute approximate surface area is 247 Å². The summed E-state index contributed by atoms with van der Waals surface area (Å²) >= 11 is 0. The van der Waals surface area contributed by atoms with E-state index < -0.39 is 95.5 Å². The molecule has 0 spiro atoms. The van der Waals surface area contributed by atoms with Crippen LogP contribution in [0, 0.1) is 0 Å². The summed E-state index contributed by atoms with van der Waals surface area (Å²) in [5.41, 5.74) is 0. The fraction of sp³-hybridized carbons (Fsp3) is 0.938. The summed E-state index contributed by atoms with van der Waals surface area (Å²) in [6, 6.07) is 0. The maximum Gasteiger partial charge on any atom is 0.473 e. The lowest BCUT2D eigenvalue weighted by atomic mass is 9.90. The van der Waals surface area contributed by atoms with Crippen LogP contribution in [0.2, 0.25) is 0 Å². The number of carbonyl (C=O) groups excluding carboxylic acids is 1. The second-order valence-corrected chi connectivity index (χ2v) is 8.79. The van der Waals surface area contributed by atoms with Gasteiger partial charge < -0.3 is 4.74 Å². The van der Waals surface area contributed by atoms with E-state index in [-0.39, 0.29) is 0 Å². The Morgan fingerprint density at radius 3 is 0.660 bits per heavy atom. The maximum absolute atomic E-state index is 13.6. The molecule has 0 saturated heterocycles. The zero-order valence-corrected chi connectivity index (χ0v) is 20.9. The van der Waals surface area contributed by atoms with Crippen LogP contribution in [0.4, 0.5) is 140 Å². The lowest BCUT2D eigenvalue weighted by Crippen LogP contribution is -2.75. The van der Waals surface area contributed by atoms with Crippen LogP contribution in [0.15, 0.2) is 0 Å². The first-order valence-electron chi connectivity index (χ1n) is 10.2. The van der Waals surface area contributed by atoms with Crippen LogP contribution in [-0.2, 0) is 9.53 Å². The van der Waals surface area contributed by atoms with Crippen molar-refractivity contribution >= 4 is 5.97 Å². The minimum atomic E-state index is -9.58. The molecule has 0 amide bonds. The minimum absolute atomic E-state index is 0.950. The number of ether oxygens (including phenoxy) is 1. The zero-order valence-electron chi connectivity index (χ0n) is 20.9. The van der Waals surface area contributed by atoms with Crippen LogP contribution in [-0.4, -0.2) is 95.5 Å². The van der Waals surface area contributed by atoms with Crippen LogP contribution in [0.25, 0.3) is 0 Å². The molecule has 0 bridgehead atoms. The monoisotopic (exact) mass is 832 g/mol. The van der Waals surface area contributed by atoms with Crippen molar-refractivity contribution in [2.45, 2.75) is 89.5 Å². The molecule has 0 aromatic rings. The molecule has 0 atom stereocenters.